The van der Waals surface area contributed by atoms with Crippen LogP contribution in [0.25, 0.3) is 5.65 Å². The predicted octanol–water partition coefficient (Wildman–Crippen LogP) is 2.33. The van der Waals surface area contributed by atoms with Gasteiger partial charge in [0.2, 0.25) is 0 Å². The van der Waals surface area contributed by atoms with Gasteiger partial charge in [-0.25, -0.2) is 4.98 Å². The lowest BCUT2D eigenvalue weighted by molar-refractivity contribution is 0.742. The van der Waals surface area contributed by atoms with Gasteiger partial charge in [0.1, 0.15) is 5.65 Å². The second kappa shape index (κ2) is 4.59. The van der Waals surface area contributed by atoms with E-state index in [-0.39, 0.29) is 0 Å². The first-order chi connectivity index (χ1) is 7.25. The Morgan fingerprint density at radius 1 is 1.53 bits per heavy atom. The van der Waals surface area contributed by atoms with Crippen LogP contribution in [0.5, 0.6) is 0 Å². The quantitative estimate of drug-likeness (QED) is 0.920. The van der Waals surface area contributed by atoms with Crippen LogP contribution in [0.1, 0.15) is 5.69 Å². The summed E-state index contributed by atoms with van der Waals surface area (Å²) >= 11 is 3.30. The van der Waals surface area contributed by atoms with Crippen LogP contribution in [-0.4, -0.2) is 15.9 Å². The molecule has 0 unspecified atom stereocenters. The zero-order chi connectivity index (χ0) is 10.7. The third kappa shape index (κ3) is 2.67. The summed E-state index contributed by atoms with van der Waals surface area (Å²) in [6, 6.07) is 5.97. The van der Waals surface area contributed by atoms with Crippen molar-refractivity contribution in [2.75, 3.05) is 6.54 Å². The molecule has 0 radical (unpaired) electrons. The first kappa shape index (κ1) is 10.4. The second-order valence-corrected chi connectivity index (χ2v) is 4.44. The van der Waals surface area contributed by atoms with Gasteiger partial charge in [0.15, 0.2) is 0 Å². The zero-order valence-corrected chi connectivity index (χ0v) is 9.87. The van der Waals surface area contributed by atoms with Gasteiger partial charge in [-0.2, -0.15) is 0 Å². The Morgan fingerprint density at radius 3 is 3.13 bits per heavy atom. The summed E-state index contributed by atoms with van der Waals surface area (Å²) in [5.74, 6) is 0. The molecule has 0 saturated carbocycles. The number of halogens is 1. The van der Waals surface area contributed by atoms with Crippen molar-refractivity contribution in [2.24, 2.45) is 0 Å². The van der Waals surface area contributed by atoms with Crippen molar-refractivity contribution in [1.29, 1.82) is 0 Å². The van der Waals surface area contributed by atoms with Gasteiger partial charge < -0.3 is 9.72 Å². The Kier molecular flexibility index (Phi) is 3.18. The molecule has 0 atom stereocenters. The fourth-order valence-corrected chi connectivity index (χ4v) is 1.60. The molecular weight excluding hydrogens is 254 g/mol. The molecule has 0 saturated heterocycles. The normalized spacial score (nSPS) is 10.7. The molecule has 0 aromatic carbocycles. The molecule has 2 heterocycles. The Hall–Kier alpha value is -1.13. The second-order valence-electron chi connectivity index (χ2n) is 3.32. The van der Waals surface area contributed by atoms with Gasteiger partial charge in [-0.05, 0) is 12.1 Å². The molecule has 0 aliphatic carbocycles. The van der Waals surface area contributed by atoms with Gasteiger partial charge in [-0.15, -0.1) is 0 Å². The smallest absolute Gasteiger partial charge is 0.137 e. The van der Waals surface area contributed by atoms with Crippen molar-refractivity contribution >= 4 is 21.6 Å². The third-order valence-corrected chi connectivity index (χ3v) is 2.32. The summed E-state index contributed by atoms with van der Waals surface area (Å²) < 4.78 is 2.96. The number of rotatable bonds is 4. The molecule has 0 bridgehead atoms. The van der Waals surface area contributed by atoms with Crippen LogP contribution in [0.2, 0.25) is 0 Å². The molecule has 0 spiro atoms. The van der Waals surface area contributed by atoms with Crippen LogP contribution in [-0.2, 0) is 6.54 Å². The van der Waals surface area contributed by atoms with Crippen molar-refractivity contribution < 1.29 is 0 Å². The van der Waals surface area contributed by atoms with E-state index in [0.717, 1.165) is 28.9 Å². The monoisotopic (exact) mass is 265 g/mol. The van der Waals surface area contributed by atoms with E-state index in [1.807, 2.05) is 35.0 Å². The minimum atomic E-state index is 0.756. The van der Waals surface area contributed by atoms with Gasteiger partial charge in [0.25, 0.3) is 0 Å². The maximum absolute atomic E-state index is 4.47. The van der Waals surface area contributed by atoms with E-state index < -0.39 is 0 Å². The van der Waals surface area contributed by atoms with Gasteiger partial charge in [0.05, 0.1) is 5.69 Å². The Labute approximate surface area is 97.0 Å². The number of pyridine rings is 1. The van der Waals surface area contributed by atoms with Crippen LogP contribution in [0.3, 0.4) is 0 Å². The first-order valence-corrected chi connectivity index (χ1v) is 5.51. The SMILES string of the molecule is C=C(Br)CNCc1cn2ccccc2n1. The van der Waals surface area contributed by atoms with Gasteiger partial charge >= 0.3 is 0 Å². The maximum Gasteiger partial charge on any atom is 0.137 e. The molecule has 3 nitrogen and oxygen atoms in total. The molecule has 0 aliphatic heterocycles. The van der Waals surface area contributed by atoms with E-state index in [1.54, 1.807) is 0 Å². The average molecular weight is 266 g/mol. The zero-order valence-electron chi connectivity index (χ0n) is 8.28. The maximum atomic E-state index is 4.47. The van der Waals surface area contributed by atoms with Crippen LogP contribution >= 0.6 is 15.9 Å². The number of aromatic nitrogens is 2. The van der Waals surface area contributed by atoms with Gasteiger partial charge in [-0.3, -0.25) is 0 Å². The first-order valence-electron chi connectivity index (χ1n) is 4.72. The lowest BCUT2D eigenvalue weighted by Crippen LogP contribution is -2.14. The highest BCUT2D eigenvalue weighted by Crippen LogP contribution is 2.04. The summed E-state index contributed by atoms with van der Waals surface area (Å²) in [6.45, 7) is 5.27. The van der Waals surface area contributed by atoms with E-state index in [1.165, 1.54) is 0 Å². The van der Waals surface area contributed by atoms with Crippen LogP contribution in [0.4, 0.5) is 0 Å². The highest BCUT2D eigenvalue weighted by atomic mass is 79.9. The lowest BCUT2D eigenvalue weighted by atomic mass is 10.4. The van der Waals surface area contributed by atoms with E-state index >= 15 is 0 Å². The number of nitrogens with one attached hydrogen (secondary N) is 1. The third-order valence-electron chi connectivity index (χ3n) is 2.04. The molecule has 0 amide bonds. The van der Waals surface area contributed by atoms with Gasteiger partial charge in [0, 0.05) is 30.0 Å². The molecule has 0 fully saturated rings. The number of imidazole rings is 1. The summed E-state index contributed by atoms with van der Waals surface area (Å²) in [7, 11) is 0. The number of fused-ring (bicyclic) bond motifs is 1. The Morgan fingerprint density at radius 2 is 2.40 bits per heavy atom. The van der Waals surface area contributed by atoms with Crippen molar-refractivity contribution in [1.82, 2.24) is 14.7 Å². The molecule has 78 valence electrons. The fourth-order valence-electron chi connectivity index (χ4n) is 1.40. The number of hydrogen-bond donors (Lipinski definition) is 1. The molecule has 2 aromatic rings. The minimum absolute atomic E-state index is 0.756. The topological polar surface area (TPSA) is 29.3 Å². The van der Waals surface area contributed by atoms with Crippen LogP contribution in [0, 0.1) is 0 Å². The molecule has 0 aliphatic rings. The van der Waals surface area contributed by atoms with E-state index in [9.17, 15) is 0 Å². The summed E-state index contributed by atoms with van der Waals surface area (Å²) in [5, 5.41) is 3.24. The molecule has 15 heavy (non-hydrogen) atoms. The molecule has 4 heteroatoms. The Bertz CT molecular complexity index is 442. The molecule has 1 N–H and O–H groups in total. The standard InChI is InChI=1S/C11H12BrN3/c1-9(12)6-13-7-10-8-15-5-3-2-4-11(15)14-10/h2-5,8,13H,1,6-7H2. The summed E-state index contributed by atoms with van der Waals surface area (Å²) in [6.07, 6.45) is 4.02. The fraction of sp³-hybridized carbons (Fsp3) is 0.182. The summed E-state index contributed by atoms with van der Waals surface area (Å²) in [5.41, 5.74) is 2.02. The van der Waals surface area contributed by atoms with Crippen LogP contribution < -0.4 is 5.32 Å². The van der Waals surface area contributed by atoms with E-state index in [0.29, 0.717) is 0 Å². The minimum Gasteiger partial charge on any atom is -0.307 e. The van der Waals surface area contributed by atoms with Crippen molar-refractivity contribution in [3.8, 4) is 0 Å². The molecule has 2 rings (SSSR count). The average Bonchev–Trinajstić information content (AvgIpc) is 2.59. The Balaban J connectivity index is 2.05. The number of hydrogen-bond acceptors (Lipinski definition) is 2. The molecular formula is C11H12BrN3. The van der Waals surface area contributed by atoms with Crippen molar-refractivity contribution in [2.45, 2.75) is 6.54 Å². The lowest BCUT2D eigenvalue weighted by Gasteiger charge is -1.98. The predicted molar refractivity (Wildman–Crippen MR) is 65.0 cm³/mol. The number of nitrogens with zero attached hydrogens (tertiary/aromatic N) is 2. The van der Waals surface area contributed by atoms with Crippen LogP contribution in [0.15, 0.2) is 41.7 Å². The van der Waals surface area contributed by atoms with E-state index in [4.69, 9.17) is 0 Å². The van der Waals surface area contributed by atoms with E-state index in [2.05, 4.69) is 32.8 Å². The van der Waals surface area contributed by atoms with Crippen molar-refractivity contribution in [3.63, 3.8) is 0 Å². The highest BCUT2D eigenvalue weighted by Gasteiger charge is 1.99. The molecule has 2 aromatic heterocycles. The largest absolute Gasteiger partial charge is 0.307 e. The highest BCUT2D eigenvalue weighted by molar-refractivity contribution is 9.11. The van der Waals surface area contributed by atoms with Crippen molar-refractivity contribution in [3.05, 3.63) is 47.3 Å². The summed E-state index contributed by atoms with van der Waals surface area (Å²) in [4.78, 5) is 4.47. The van der Waals surface area contributed by atoms with Gasteiger partial charge in [-0.1, -0.05) is 28.6 Å².